The minimum absolute atomic E-state index is 0.133. The summed E-state index contributed by atoms with van der Waals surface area (Å²) >= 11 is 0. The molecule has 0 amide bonds. The van der Waals surface area contributed by atoms with Crippen LogP contribution in [0.4, 0.5) is 5.69 Å². The Hall–Kier alpha value is -3.97. The zero-order valence-corrected chi connectivity index (χ0v) is 19.0. The highest BCUT2D eigenvalue weighted by molar-refractivity contribution is 7.92. The van der Waals surface area contributed by atoms with Crippen LogP contribution in [0.25, 0.3) is 0 Å². The Morgan fingerprint density at radius 3 is 1.76 bits per heavy atom. The highest BCUT2D eigenvalue weighted by Gasteiger charge is 2.15. The topological polar surface area (TPSA) is 73.9 Å². The fourth-order valence-electron chi connectivity index (χ4n) is 3.12. The van der Waals surface area contributed by atoms with Crippen molar-refractivity contribution in [3.8, 4) is 28.7 Å². The third-order valence-corrected chi connectivity index (χ3v) is 6.26. The maximum atomic E-state index is 12.8. The first kappa shape index (κ1) is 22.2. The summed E-state index contributed by atoms with van der Waals surface area (Å²) in [6.07, 6.45) is 0. The number of methoxy groups -OCH3 is 1. The van der Waals surface area contributed by atoms with Crippen LogP contribution in [-0.2, 0) is 10.0 Å². The van der Waals surface area contributed by atoms with Gasteiger partial charge in [0.1, 0.15) is 17.2 Å². The molecule has 0 saturated heterocycles. The summed E-state index contributed by atoms with van der Waals surface area (Å²) in [6, 6.07) is 27.8. The SMILES string of the molecule is COc1ccccc1Oc1ccc(NS(=O)(=O)c2ccc(Oc3ccccc3C)cc2)cc1. The van der Waals surface area contributed by atoms with Crippen LogP contribution in [0.15, 0.2) is 102 Å². The van der Waals surface area contributed by atoms with Crippen molar-refractivity contribution in [1.29, 1.82) is 0 Å². The van der Waals surface area contributed by atoms with Gasteiger partial charge in [-0.25, -0.2) is 8.42 Å². The van der Waals surface area contributed by atoms with Crippen LogP contribution in [-0.4, -0.2) is 15.5 Å². The fraction of sp³-hybridized carbons (Fsp3) is 0.0769. The molecule has 33 heavy (non-hydrogen) atoms. The number of hydrogen-bond acceptors (Lipinski definition) is 5. The number of sulfonamides is 1. The number of para-hydroxylation sites is 3. The Kier molecular flexibility index (Phi) is 6.51. The van der Waals surface area contributed by atoms with Gasteiger partial charge in [0, 0.05) is 5.69 Å². The molecule has 0 radical (unpaired) electrons. The molecule has 0 unspecified atom stereocenters. The number of benzene rings is 4. The third-order valence-electron chi connectivity index (χ3n) is 4.86. The fourth-order valence-corrected chi connectivity index (χ4v) is 4.18. The number of ether oxygens (including phenoxy) is 3. The van der Waals surface area contributed by atoms with Gasteiger partial charge in [0.05, 0.1) is 12.0 Å². The van der Waals surface area contributed by atoms with Gasteiger partial charge < -0.3 is 14.2 Å². The molecule has 4 aromatic carbocycles. The molecule has 7 heteroatoms. The van der Waals surface area contributed by atoms with Gasteiger partial charge in [-0.1, -0.05) is 30.3 Å². The quantitative estimate of drug-likeness (QED) is 0.329. The summed E-state index contributed by atoms with van der Waals surface area (Å²) in [5, 5.41) is 0. The number of anilines is 1. The van der Waals surface area contributed by atoms with E-state index in [2.05, 4.69) is 4.72 Å². The maximum Gasteiger partial charge on any atom is 0.261 e. The summed E-state index contributed by atoms with van der Waals surface area (Å²) in [5.74, 6) is 3.02. The number of nitrogens with one attached hydrogen (secondary N) is 1. The van der Waals surface area contributed by atoms with Crippen LogP contribution in [0, 0.1) is 6.92 Å². The summed E-state index contributed by atoms with van der Waals surface area (Å²) < 4.78 is 45.1. The minimum Gasteiger partial charge on any atom is -0.493 e. The van der Waals surface area contributed by atoms with E-state index >= 15 is 0 Å². The van der Waals surface area contributed by atoms with Gasteiger partial charge >= 0.3 is 0 Å². The van der Waals surface area contributed by atoms with Crippen LogP contribution < -0.4 is 18.9 Å². The maximum absolute atomic E-state index is 12.8. The molecule has 0 spiro atoms. The van der Waals surface area contributed by atoms with Crippen LogP contribution >= 0.6 is 0 Å². The van der Waals surface area contributed by atoms with Crippen LogP contribution in [0.1, 0.15) is 5.56 Å². The number of hydrogen-bond donors (Lipinski definition) is 1. The van der Waals surface area contributed by atoms with Gasteiger partial charge in [-0.05, 0) is 79.2 Å². The van der Waals surface area contributed by atoms with E-state index in [0.717, 1.165) is 11.3 Å². The van der Waals surface area contributed by atoms with Gasteiger partial charge in [0.2, 0.25) is 0 Å². The smallest absolute Gasteiger partial charge is 0.261 e. The molecule has 1 N–H and O–H groups in total. The lowest BCUT2D eigenvalue weighted by molar-refractivity contribution is 0.379. The Morgan fingerprint density at radius 2 is 1.15 bits per heavy atom. The summed E-state index contributed by atoms with van der Waals surface area (Å²) in [7, 11) is -2.19. The van der Waals surface area contributed by atoms with Gasteiger partial charge in [-0.3, -0.25) is 4.72 Å². The van der Waals surface area contributed by atoms with Gasteiger partial charge in [0.15, 0.2) is 11.5 Å². The van der Waals surface area contributed by atoms with Gasteiger partial charge in [-0.2, -0.15) is 0 Å². The molecule has 4 aromatic rings. The Balaban J connectivity index is 1.43. The molecular weight excluding hydrogens is 438 g/mol. The minimum atomic E-state index is -3.76. The van der Waals surface area contributed by atoms with Crippen LogP contribution in [0.2, 0.25) is 0 Å². The van der Waals surface area contributed by atoms with Crippen LogP contribution in [0.3, 0.4) is 0 Å². The monoisotopic (exact) mass is 461 g/mol. The average Bonchev–Trinajstić information content (AvgIpc) is 2.82. The molecule has 0 aliphatic carbocycles. The van der Waals surface area contributed by atoms with Crippen molar-refractivity contribution in [2.75, 3.05) is 11.8 Å². The molecule has 0 fully saturated rings. The zero-order valence-electron chi connectivity index (χ0n) is 18.2. The van der Waals surface area contributed by atoms with E-state index in [9.17, 15) is 8.42 Å². The van der Waals surface area contributed by atoms with E-state index < -0.39 is 10.0 Å². The summed E-state index contributed by atoms with van der Waals surface area (Å²) in [5.41, 5.74) is 1.41. The first-order chi connectivity index (χ1) is 15.9. The van der Waals surface area contributed by atoms with E-state index in [4.69, 9.17) is 14.2 Å². The zero-order chi connectivity index (χ0) is 23.3. The molecule has 0 aliphatic heterocycles. The highest BCUT2D eigenvalue weighted by Crippen LogP contribution is 2.32. The van der Waals surface area contributed by atoms with Crippen molar-refractivity contribution < 1.29 is 22.6 Å². The van der Waals surface area contributed by atoms with Crippen molar-refractivity contribution >= 4 is 15.7 Å². The Bertz CT molecular complexity index is 1330. The first-order valence-electron chi connectivity index (χ1n) is 10.2. The predicted octanol–water partition coefficient (Wildman–Crippen LogP) is 6.39. The molecule has 0 aromatic heterocycles. The van der Waals surface area contributed by atoms with Crippen molar-refractivity contribution in [3.05, 3.63) is 103 Å². The lowest BCUT2D eigenvalue weighted by Gasteiger charge is -2.12. The number of aryl methyl sites for hydroxylation is 1. The Labute approximate surface area is 193 Å². The van der Waals surface area contributed by atoms with Crippen LogP contribution in [0.5, 0.6) is 28.7 Å². The third kappa shape index (κ3) is 5.45. The molecule has 0 aliphatic rings. The van der Waals surface area contributed by atoms with E-state index in [1.807, 2.05) is 43.3 Å². The van der Waals surface area contributed by atoms with E-state index in [1.54, 1.807) is 55.6 Å². The lowest BCUT2D eigenvalue weighted by atomic mass is 10.2. The largest absolute Gasteiger partial charge is 0.493 e. The second kappa shape index (κ2) is 9.67. The second-order valence-electron chi connectivity index (χ2n) is 7.22. The van der Waals surface area contributed by atoms with Crippen molar-refractivity contribution in [2.24, 2.45) is 0 Å². The molecule has 0 saturated carbocycles. The summed E-state index contributed by atoms with van der Waals surface area (Å²) in [6.45, 7) is 1.95. The number of rotatable bonds is 8. The highest BCUT2D eigenvalue weighted by atomic mass is 32.2. The second-order valence-corrected chi connectivity index (χ2v) is 8.90. The van der Waals surface area contributed by atoms with Gasteiger partial charge in [-0.15, -0.1) is 0 Å². The molecule has 0 atom stereocenters. The molecule has 4 rings (SSSR count). The average molecular weight is 462 g/mol. The first-order valence-corrected chi connectivity index (χ1v) is 11.7. The molecule has 0 heterocycles. The summed E-state index contributed by atoms with van der Waals surface area (Å²) in [4.78, 5) is 0.133. The van der Waals surface area contributed by atoms with Crippen molar-refractivity contribution in [1.82, 2.24) is 0 Å². The molecule has 0 bridgehead atoms. The standard InChI is InChI=1S/C26H23NO5S/c1-19-7-3-4-8-24(19)31-22-15-17-23(18-16-22)33(28,29)27-20-11-13-21(14-12-20)32-26-10-6-5-9-25(26)30-2/h3-18,27H,1-2H3. The van der Waals surface area contributed by atoms with Gasteiger partial charge in [0.25, 0.3) is 10.0 Å². The normalized spacial score (nSPS) is 11.0. The lowest BCUT2D eigenvalue weighted by Crippen LogP contribution is -2.12. The Morgan fingerprint density at radius 1 is 0.636 bits per heavy atom. The molecular formula is C26H23NO5S. The van der Waals surface area contributed by atoms with Crippen molar-refractivity contribution in [3.63, 3.8) is 0 Å². The van der Waals surface area contributed by atoms with Crippen molar-refractivity contribution in [2.45, 2.75) is 11.8 Å². The van der Waals surface area contributed by atoms with E-state index in [0.29, 0.717) is 28.7 Å². The predicted molar refractivity (Wildman–Crippen MR) is 128 cm³/mol. The van der Waals surface area contributed by atoms with E-state index in [-0.39, 0.29) is 4.90 Å². The molecule has 6 nitrogen and oxygen atoms in total. The van der Waals surface area contributed by atoms with E-state index in [1.165, 1.54) is 12.1 Å². The molecule has 168 valence electrons.